The minimum Gasteiger partial charge on any atom is -0.375 e. The number of hydrogen-bond donors (Lipinski definition) is 1. The van der Waals surface area contributed by atoms with Gasteiger partial charge in [-0.15, -0.1) is 0 Å². The van der Waals surface area contributed by atoms with Crippen LogP contribution in [0.2, 0.25) is 0 Å². The summed E-state index contributed by atoms with van der Waals surface area (Å²) in [6.45, 7) is 10.5. The van der Waals surface area contributed by atoms with Gasteiger partial charge in [0.2, 0.25) is 0 Å². The lowest BCUT2D eigenvalue weighted by molar-refractivity contribution is -0.254. The van der Waals surface area contributed by atoms with Gasteiger partial charge in [-0.25, -0.2) is 0 Å². The normalized spacial score (nSPS) is 33.5. The van der Waals surface area contributed by atoms with Gasteiger partial charge in [-0.3, -0.25) is 0 Å². The lowest BCUT2D eigenvalue weighted by atomic mass is 9.93. The molecule has 2 rings (SSSR count). The van der Waals surface area contributed by atoms with Crippen molar-refractivity contribution in [3.8, 4) is 0 Å². The van der Waals surface area contributed by atoms with Crippen LogP contribution in [-0.2, 0) is 14.2 Å². The molecule has 0 spiro atoms. The second-order valence-corrected chi connectivity index (χ2v) is 6.18. The lowest BCUT2D eigenvalue weighted by Gasteiger charge is -2.40. The quantitative estimate of drug-likeness (QED) is 0.801. The predicted octanol–water partition coefficient (Wildman–Crippen LogP) is 1.69. The minimum atomic E-state index is -0.423. The third kappa shape index (κ3) is 3.91. The van der Waals surface area contributed by atoms with E-state index in [1.165, 1.54) is 0 Å². The van der Waals surface area contributed by atoms with Gasteiger partial charge in [-0.05, 0) is 40.5 Å². The highest BCUT2D eigenvalue weighted by Gasteiger charge is 2.33. The molecule has 2 aliphatic rings. The Morgan fingerprint density at radius 2 is 1.59 bits per heavy atom. The van der Waals surface area contributed by atoms with Gasteiger partial charge in [0.1, 0.15) is 0 Å². The Balaban J connectivity index is 1.78. The maximum absolute atomic E-state index is 5.72. The summed E-state index contributed by atoms with van der Waals surface area (Å²) in [6, 6.07) is 0.819. The van der Waals surface area contributed by atoms with Crippen LogP contribution < -0.4 is 5.32 Å². The van der Waals surface area contributed by atoms with E-state index in [0.29, 0.717) is 12.1 Å². The molecule has 4 nitrogen and oxygen atoms in total. The van der Waals surface area contributed by atoms with E-state index in [2.05, 4.69) is 19.2 Å². The maximum atomic E-state index is 5.72. The molecule has 0 aromatic rings. The summed E-state index contributed by atoms with van der Waals surface area (Å²) in [4.78, 5) is 0. The molecule has 0 aliphatic carbocycles. The Morgan fingerprint density at radius 1 is 0.941 bits per heavy atom. The standard InChI is InChI=1S/C13H25NO3/c1-12(2)7-10(5-6-15-12)14-11-8-16-13(3,4)17-9-11/h10-11,14H,5-9H2,1-4H3. The van der Waals surface area contributed by atoms with Gasteiger partial charge < -0.3 is 19.5 Å². The van der Waals surface area contributed by atoms with Crippen molar-refractivity contribution >= 4 is 0 Å². The number of hydrogen-bond acceptors (Lipinski definition) is 4. The largest absolute Gasteiger partial charge is 0.375 e. The van der Waals surface area contributed by atoms with Crippen molar-refractivity contribution in [1.82, 2.24) is 5.32 Å². The zero-order valence-corrected chi connectivity index (χ0v) is 11.4. The van der Waals surface area contributed by atoms with Crippen LogP contribution in [0.5, 0.6) is 0 Å². The molecule has 100 valence electrons. The summed E-state index contributed by atoms with van der Waals surface area (Å²) in [5, 5.41) is 3.62. The van der Waals surface area contributed by atoms with Gasteiger partial charge in [0.05, 0.1) is 24.9 Å². The van der Waals surface area contributed by atoms with Crippen LogP contribution in [0.25, 0.3) is 0 Å². The van der Waals surface area contributed by atoms with E-state index in [4.69, 9.17) is 14.2 Å². The molecule has 0 aromatic carbocycles. The predicted molar refractivity (Wildman–Crippen MR) is 66.0 cm³/mol. The summed E-state index contributed by atoms with van der Waals surface area (Å²) in [7, 11) is 0. The highest BCUT2D eigenvalue weighted by molar-refractivity contribution is 4.86. The molecule has 4 heteroatoms. The maximum Gasteiger partial charge on any atom is 0.162 e. The monoisotopic (exact) mass is 243 g/mol. The molecular formula is C13H25NO3. The number of ether oxygens (including phenoxy) is 3. The Bertz CT molecular complexity index is 255. The number of rotatable bonds is 2. The molecule has 0 bridgehead atoms. The van der Waals surface area contributed by atoms with Gasteiger partial charge in [0.25, 0.3) is 0 Å². The van der Waals surface area contributed by atoms with Crippen LogP contribution in [0.4, 0.5) is 0 Å². The molecule has 2 saturated heterocycles. The van der Waals surface area contributed by atoms with E-state index < -0.39 is 5.79 Å². The van der Waals surface area contributed by atoms with E-state index in [9.17, 15) is 0 Å². The highest BCUT2D eigenvalue weighted by atomic mass is 16.7. The van der Waals surface area contributed by atoms with Crippen molar-refractivity contribution in [2.45, 2.75) is 64.0 Å². The Labute approximate surface area is 104 Å². The first-order valence-corrected chi connectivity index (χ1v) is 6.54. The third-order valence-electron chi connectivity index (χ3n) is 3.43. The molecule has 2 heterocycles. The van der Waals surface area contributed by atoms with E-state index in [0.717, 1.165) is 32.7 Å². The smallest absolute Gasteiger partial charge is 0.162 e. The van der Waals surface area contributed by atoms with Crippen LogP contribution in [0, 0.1) is 0 Å². The Morgan fingerprint density at radius 3 is 2.18 bits per heavy atom. The average Bonchev–Trinajstić information content (AvgIpc) is 2.20. The van der Waals surface area contributed by atoms with E-state index in [1.54, 1.807) is 0 Å². The zero-order chi connectivity index (χ0) is 12.5. The van der Waals surface area contributed by atoms with Crippen molar-refractivity contribution in [3.63, 3.8) is 0 Å². The van der Waals surface area contributed by atoms with Crippen LogP contribution >= 0.6 is 0 Å². The molecular weight excluding hydrogens is 218 g/mol. The molecule has 0 radical (unpaired) electrons. The topological polar surface area (TPSA) is 39.7 Å². The fraction of sp³-hybridized carbons (Fsp3) is 1.00. The van der Waals surface area contributed by atoms with E-state index >= 15 is 0 Å². The summed E-state index contributed by atoms with van der Waals surface area (Å²) in [5.41, 5.74) is -0.00836. The molecule has 17 heavy (non-hydrogen) atoms. The van der Waals surface area contributed by atoms with Gasteiger partial charge in [0.15, 0.2) is 5.79 Å². The fourth-order valence-electron chi connectivity index (χ4n) is 2.50. The van der Waals surface area contributed by atoms with Gasteiger partial charge in [0, 0.05) is 12.6 Å². The molecule has 2 fully saturated rings. The van der Waals surface area contributed by atoms with Crippen LogP contribution in [0.1, 0.15) is 40.5 Å². The van der Waals surface area contributed by atoms with Crippen molar-refractivity contribution in [2.75, 3.05) is 19.8 Å². The first-order chi connectivity index (χ1) is 7.86. The van der Waals surface area contributed by atoms with Crippen molar-refractivity contribution in [3.05, 3.63) is 0 Å². The van der Waals surface area contributed by atoms with Crippen LogP contribution in [0.15, 0.2) is 0 Å². The van der Waals surface area contributed by atoms with E-state index in [-0.39, 0.29) is 5.60 Å². The fourth-order valence-corrected chi connectivity index (χ4v) is 2.50. The molecule has 2 aliphatic heterocycles. The van der Waals surface area contributed by atoms with Crippen molar-refractivity contribution < 1.29 is 14.2 Å². The molecule has 1 atom stereocenters. The first kappa shape index (κ1) is 13.3. The summed E-state index contributed by atoms with van der Waals surface area (Å²) in [6.07, 6.45) is 2.12. The highest BCUT2D eigenvalue weighted by Crippen LogP contribution is 2.25. The first-order valence-electron chi connectivity index (χ1n) is 6.54. The Hall–Kier alpha value is -0.160. The average molecular weight is 243 g/mol. The van der Waals surface area contributed by atoms with Crippen LogP contribution in [0.3, 0.4) is 0 Å². The number of nitrogens with one attached hydrogen (secondary N) is 1. The summed E-state index contributed by atoms with van der Waals surface area (Å²) >= 11 is 0. The lowest BCUT2D eigenvalue weighted by Crippen LogP contribution is -2.54. The second-order valence-electron chi connectivity index (χ2n) is 6.18. The van der Waals surface area contributed by atoms with Gasteiger partial charge in [-0.2, -0.15) is 0 Å². The summed E-state index contributed by atoms with van der Waals surface area (Å²) < 4.78 is 17.0. The molecule has 0 aromatic heterocycles. The zero-order valence-electron chi connectivity index (χ0n) is 11.4. The van der Waals surface area contributed by atoms with Gasteiger partial charge >= 0.3 is 0 Å². The van der Waals surface area contributed by atoms with Crippen molar-refractivity contribution in [2.24, 2.45) is 0 Å². The summed E-state index contributed by atoms with van der Waals surface area (Å²) in [5.74, 6) is -0.423. The molecule has 0 saturated carbocycles. The molecule has 1 unspecified atom stereocenters. The SMILES string of the molecule is CC1(C)CC(NC2COC(C)(C)OC2)CCO1. The van der Waals surface area contributed by atoms with Crippen molar-refractivity contribution in [1.29, 1.82) is 0 Å². The van der Waals surface area contributed by atoms with Crippen LogP contribution in [-0.4, -0.2) is 43.3 Å². The third-order valence-corrected chi connectivity index (χ3v) is 3.43. The second kappa shape index (κ2) is 4.84. The van der Waals surface area contributed by atoms with Gasteiger partial charge in [-0.1, -0.05) is 0 Å². The van der Waals surface area contributed by atoms with E-state index in [1.807, 2.05) is 13.8 Å². The minimum absolute atomic E-state index is 0.00836. The molecule has 0 amide bonds. The molecule has 1 N–H and O–H groups in total. The Kier molecular flexibility index (Phi) is 3.78.